The van der Waals surface area contributed by atoms with Crippen LogP contribution in [-0.4, -0.2) is 5.11 Å². The Morgan fingerprint density at radius 2 is 1.89 bits per heavy atom. The van der Waals surface area contributed by atoms with Gasteiger partial charge in [-0.15, -0.1) is 0 Å². The first-order valence-corrected chi connectivity index (χ1v) is 6.64. The van der Waals surface area contributed by atoms with Crippen molar-refractivity contribution in [3.05, 3.63) is 64.7 Å². The van der Waals surface area contributed by atoms with Crippen molar-refractivity contribution < 1.29 is 5.11 Å². The number of aromatic hydroxyl groups is 1. The summed E-state index contributed by atoms with van der Waals surface area (Å²) in [6, 6.07) is 14.1. The van der Waals surface area contributed by atoms with Crippen LogP contribution in [-0.2, 0) is 6.54 Å². The molecule has 2 heteroatoms. The number of aryl methyl sites for hydroxylation is 2. The zero-order valence-electron chi connectivity index (χ0n) is 11.8. The standard InChI is InChI=1S/C17H21NO/c1-12-7-8-16(13(2)9-12)11-18-14(3)15-5-4-6-17(19)10-15/h4-10,14,18-19H,11H2,1-3H3. The number of phenolic OH excluding ortho intramolecular Hbond substituents is 1. The molecule has 0 radical (unpaired) electrons. The van der Waals surface area contributed by atoms with Crippen molar-refractivity contribution in [2.45, 2.75) is 33.4 Å². The molecule has 0 aliphatic carbocycles. The second-order valence-corrected chi connectivity index (χ2v) is 5.13. The Kier molecular flexibility index (Phi) is 4.23. The van der Waals surface area contributed by atoms with Crippen LogP contribution in [0.15, 0.2) is 42.5 Å². The van der Waals surface area contributed by atoms with Crippen molar-refractivity contribution in [1.29, 1.82) is 0 Å². The zero-order valence-corrected chi connectivity index (χ0v) is 11.8. The van der Waals surface area contributed by atoms with Gasteiger partial charge in [-0.05, 0) is 49.6 Å². The lowest BCUT2D eigenvalue weighted by Gasteiger charge is -2.16. The quantitative estimate of drug-likeness (QED) is 0.869. The highest BCUT2D eigenvalue weighted by Gasteiger charge is 2.06. The second-order valence-electron chi connectivity index (χ2n) is 5.13. The largest absolute Gasteiger partial charge is 0.508 e. The Labute approximate surface area is 115 Å². The summed E-state index contributed by atoms with van der Waals surface area (Å²) in [6.45, 7) is 7.20. The molecule has 0 bridgehead atoms. The fraction of sp³-hybridized carbons (Fsp3) is 0.294. The molecule has 19 heavy (non-hydrogen) atoms. The smallest absolute Gasteiger partial charge is 0.115 e. The summed E-state index contributed by atoms with van der Waals surface area (Å²) in [5, 5.41) is 13.0. The van der Waals surface area contributed by atoms with Crippen LogP contribution in [0.2, 0.25) is 0 Å². The Bertz CT molecular complexity index is 563. The van der Waals surface area contributed by atoms with Crippen LogP contribution < -0.4 is 5.32 Å². The van der Waals surface area contributed by atoms with Crippen molar-refractivity contribution in [3.8, 4) is 5.75 Å². The number of rotatable bonds is 4. The van der Waals surface area contributed by atoms with Crippen molar-refractivity contribution in [2.75, 3.05) is 0 Å². The molecule has 1 atom stereocenters. The number of hydrogen-bond donors (Lipinski definition) is 2. The first-order chi connectivity index (χ1) is 9.06. The molecule has 2 aromatic rings. The molecule has 0 aliphatic rings. The summed E-state index contributed by atoms with van der Waals surface area (Å²) in [5.41, 5.74) is 5.03. The third kappa shape index (κ3) is 3.58. The lowest BCUT2D eigenvalue weighted by Crippen LogP contribution is -2.18. The van der Waals surface area contributed by atoms with E-state index in [2.05, 4.69) is 44.3 Å². The van der Waals surface area contributed by atoms with Gasteiger partial charge in [0.05, 0.1) is 0 Å². The van der Waals surface area contributed by atoms with Crippen molar-refractivity contribution in [3.63, 3.8) is 0 Å². The number of hydrogen-bond acceptors (Lipinski definition) is 2. The summed E-state index contributed by atoms with van der Waals surface area (Å²) >= 11 is 0. The molecule has 0 spiro atoms. The minimum atomic E-state index is 0.216. The van der Waals surface area contributed by atoms with E-state index >= 15 is 0 Å². The van der Waals surface area contributed by atoms with E-state index in [0.717, 1.165) is 12.1 Å². The molecule has 0 saturated heterocycles. The van der Waals surface area contributed by atoms with Gasteiger partial charge in [0.25, 0.3) is 0 Å². The van der Waals surface area contributed by atoms with E-state index in [0.29, 0.717) is 5.75 Å². The van der Waals surface area contributed by atoms with Crippen LogP contribution in [0.4, 0.5) is 0 Å². The van der Waals surface area contributed by atoms with Gasteiger partial charge in [-0.2, -0.15) is 0 Å². The molecular weight excluding hydrogens is 234 g/mol. The minimum absolute atomic E-state index is 0.216. The maximum atomic E-state index is 9.49. The Morgan fingerprint density at radius 3 is 2.58 bits per heavy atom. The maximum absolute atomic E-state index is 9.49. The first kappa shape index (κ1) is 13.6. The highest BCUT2D eigenvalue weighted by molar-refractivity contribution is 5.31. The van der Waals surface area contributed by atoms with Crippen molar-refractivity contribution >= 4 is 0 Å². The highest BCUT2D eigenvalue weighted by Crippen LogP contribution is 2.19. The van der Waals surface area contributed by atoms with Gasteiger partial charge in [0.15, 0.2) is 0 Å². The molecule has 2 aromatic carbocycles. The van der Waals surface area contributed by atoms with Crippen molar-refractivity contribution in [1.82, 2.24) is 5.32 Å². The van der Waals surface area contributed by atoms with Crippen LogP contribution in [0, 0.1) is 13.8 Å². The van der Waals surface area contributed by atoms with Gasteiger partial charge in [0.2, 0.25) is 0 Å². The van der Waals surface area contributed by atoms with Gasteiger partial charge in [0.1, 0.15) is 5.75 Å². The van der Waals surface area contributed by atoms with Gasteiger partial charge in [-0.1, -0.05) is 35.9 Å². The molecule has 0 heterocycles. The van der Waals surface area contributed by atoms with Gasteiger partial charge >= 0.3 is 0 Å². The molecule has 0 saturated carbocycles. The Morgan fingerprint density at radius 1 is 1.11 bits per heavy atom. The lowest BCUT2D eigenvalue weighted by atomic mass is 10.0. The summed E-state index contributed by atoms with van der Waals surface area (Å²) in [6.07, 6.45) is 0. The van der Waals surface area contributed by atoms with E-state index in [4.69, 9.17) is 0 Å². The van der Waals surface area contributed by atoms with E-state index < -0.39 is 0 Å². The fourth-order valence-electron chi connectivity index (χ4n) is 2.22. The van der Waals surface area contributed by atoms with E-state index in [-0.39, 0.29) is 6.04 Å². The molecule has 100 valence electrons. The predicted octanol–water partition coefficient (Wildman–Crippen LogP) is 3.86. The molecule has 0 aliphatic heterocycles. The van der Waals surface area contributed by atoms with Crippen LogP contribution in [0.3, 0.4) is 0 Å². The Hall–Kier alpha value is -1.80. The van der Waals surface area contributed by atoms with Crippen LogP contribution >= 0.6 is 0 Å². The van der Waals surface area contributed by atoms with Crippen LogP contribution in [0.5, 0.6) is 5.75 Å². The molecule has 1 unspecified atom stereocenters. The third-order valence-electron chi connectivity index (χ3n) is 3.47. The fourth-order valence-corrected chi connectivity index (χ4v) is 2.22. The molecule has 0 aromatic heterocycles. The number of phenols is 1. The lowest BCUT2D eigenvalue weighted by molar-refractivity contribution is 0.472. The van der Waals surface area contributed by atoms with E-state index in [1.165, 1.54) is 16.7 Å². The van der Waals surface area contributed by atoms with Gasteiger partial charge in [-0.25, -0.2) is 0 Å². The van der Waals surface area contributed by atoms with Crippen molar-refractivity contribution in [2.24, 2.45) is 0 Å². The summed E-state index contributed by atoms with van der Waals surface area (Å²) < 4.78 is 0. The molecule has 2 rings (SSSR count). The van der Waals surface area contributed by atoms with E-state index in [1.54, 1.807) is 12.1 Å². The average molecular weight is 255 g/mol. The molecule has 2 N–H and O–H groups in total. The minimum Gasteiger partial charge on any atom is -0.508 e. The Balaban J connectivity index is 2.02. The molecular formula is C17H21NO. The summed E-state index contributed by atoms with van der Waals surface area (Å²) in [4.78, 5) is 0. The van der Waals surface area contributed by atoms with Gasteiger partial charge in [0, 0.05) is 12.6 Å². The third-order valence-corrected chi connectivity index (χ3v) is 3.47. The maximum Gasteiger partial charge on any atom is 0.115 e. The topological polar surface area (TPSA) is 32.3 Å². The van der Waals surface area contributed by atoms with E-state index in [1.807, 2.05) is 12.1 Å². The monoisotopic (exact) mass is 255 g/mol. The predicted molar refractivity (Wildman–Crippen MR) is 79.3 cm³/mol. The van der Waals surface area contributed by atoms with Gasteiger partial charge < -0.3 is 10.4 Å². The highest BCUT2D eigenvalue weighted by atomic mass is 16.3. The second kappa shape index (κ2) is 5.89. The molecule has 2 nitrogen and oxygen atoms in total. The van der Waals surface area contributed by atoms with Gasteiger partial charge in [-0.3, -0.25) is 0 Å². The first-order valence-electron chi connectivity index (χ1n) is 6.64. The number of benzene rings is 2. The van der Waals surface area contributed by atoms with Crippen LogP contribution in [0.1, 0.15) is 35.2 Å². The summed E-state index contributed by atoms with van der Waals surface area (Å²) in [5.74, 6) is 0.317. The SMILES string of the molecule is Cc1ccc(CNC(C)c2cccc(O)c2)c(C)c1. The molecule has 0 amide bonds. The number of nitrogens with one attached hydrogen (secondary N) is 1. The van der Waals surface area contributed by atoms with Crippen LogP contribution in [0.25, 0.3) is 0 Å². The van der Waals surface area contributed by atoms with E-state index in [9.17, 15) is 5.11 Å². The normalized spacial score (nSPS) is 12.4. The molecule has 0 fully saturated rings. The average Bonchev–Trinajstić information content (AvgIpc) is 2.37. The zero-order chi connectivity index (χ0) is 13.8. The summed E-state index contributed by atoms with van der Waals surface area (Å²) in [7, 11) is 0.